The summed E-state index contributed by atoms with van der Waals surface area (Å²) in [4.78, 5) is 18.7. The molecule has 5 nitrogen and oxygen atoms in total. The number of benzene rings is 1. The van der Waals surface area contributed by atoms with Crippen molar-refractivity contribution in [3.8, 4) is 0 Å². The minimum Gasteiger partial charge on any atom is -0.391 e. The van der Waals surface area contributed by atoms with Gasteiger partial charge in [0.1, 0.15) is 5.15 Å². The number of nitrogens with two attached hydrogens (primary N) is 1. The first-order valence-corrected chi connectivity index (χ1v) is 9.80. The lowest BCUT2D eigenvalue weighted by Crippen LogP contribution is -2.44. The number of amides is 1. The molecule has 0 radical (unpaired) electrons. The van der Waals surface area contributed by atoms with Crippen LogP contribution in [0.2, 0.25) is 5.15 Å². The summed E-state index contributed by atoms with van der Waals surface area (Å²) in [5.41, 5.74) is 9.59. The molecule has 1 amide bonds. The Morgan fingerprint density at radius 1 is 1.37 bits per heavy atom. The first kappa shape index (κ1) is 19.8. The van der Waals surface area contributed by atoms with Crippen molar-refractivity contribution < 1.29 is 9.90 Å². The van der Waals surface area contributed by atoms with Crippen molar-refractivity contribution in [2.24, 2.45) is 5.73 Å². The number of rotatable bonds is 7. The summed E-state index contributed by atoms with van der Waals surface area (Å²) in [6.45, 7) is 3.50. The van der Waals surface area contributed by atoms with Crippen LogP contribution in [0.5, 0.6) is 0 Å². The predicted octanol–water partition coefficient (Wildman–Crippen LogP) is 3.14. The number of aromatic nitrogens is 1. The molecule has 6 heteroatoms. The number of nitrogens with zero attached hydrogens (tertiary/aromatic N) is 2. The van der Waals surface area contributed by atoms with Crippen LogP contribution in [-0.2, 0) is 13.0 Å². The van der Waals surface area contributed by atoms with Gasteiger partial charge in [0, 0.05) is 37.3 Å². The molecule has 0 saturated carbocycles. The minimum atomic E-state index is -0.587. The van der Waals surface area contributed by atoms with Gasteiger partial charge in [0.2, 0.25) is 0 Å². The fourth-order valence-electron chi connectivity index (χ4n) is 3.74. The Morgan fingerprint density at radius 3 is 2.81 bits per heavy atom. The number of carbonyl (C=O) groups excluding carboxylic acids is 1. The number of hydrogen-bond acceptors (Lipinski definition) is 4. The van der Waals surface area contributed by atoms with Gasteiger partial charge in [-0.15, -0.1) is 0 Å². The second-order valence-electron chi connectivity index (χ2n) is 7.07. The van der Waals surface area contributed by atoms with E-state index in [0.717, 1.165) is 29.5 Å². The summed E-state index contributed by atoms with van der Waals surface area (Å²) < 4.78 is 0. The monoisotopic (exact) mass is 387 g/mol. The highest BCUT2D eigenvalue weighted by Crippen LogP contribution is 2.31. The zero-order valence-corrected chi connectivity index (χ0v) is 16.3. The van der Waals surface area contributed by atoms with Crippen molar-refractivity contribution in [3.63, 3.8) is 0 Å². The molecular weight excluding hydrogens is 362 g/mol. The fraction of sp³-hybridized carbons (Fsp3) is 0.429. The van der Waals surface area contributed by atoms with E-state index in [9.17, 15) is 9.90 Å². The van der Waals surface area contributed by atoms with E-state index in [-0.39, 0.29) is 11.8 Å². The molecule has 2 atom stereocenters. The minimum absolute atomic E-state index is 0.0830. The van der Waals surface area contributed by atoms with E-state index in [4.69, 9.17) is 17.3 Å². The number of halogens is 1. The van der Waals surface area contributed by atoms with Crippen molar-refractivity contribution in [2.45, 2.75) is 44.8 Å². The number of fused-ring (bicyclic) bond motifs is 1. The zero-order valence-electron chi connectivity index (χ0n) is 15.6. The number of aliphatic hydroxyl groups excluding tert-OH is 1. The van der Waals surface area contributed by atoms with Gasteiger partial charge in [0.05, 0.1) is 6.10 Å². The van der Waals surface area contributed by atoms with Crippen LogP contribution in [0.25, 0.3) is 0 Å². The van der Waals surface area contributed by atoms with Crippen molar-refractivity contribution in [2.75, 3.05) is 13.1 Å². The third kappa shape index (κ3) is 4.49. The molecule has 0 aliphatic carbocycles. The van der Waals surface area contributed by atoms with E-state index >= 15 is 0 Å². The second-order valence-corrected chi connectivity index (χ2v) is 7.46. The van der Waals surface area contributed by atoms with E-state index in [1.54, 1.807) is 17.2 Å². The van der Waals surface area contributed by atoms with E-state index in [2.05, 4.69) is 11.9 Å². The Labute approximate surface area is 165 Å². The first-order chi connectivity index (χ1) is 13.0. The smallest absolute Gasteiger partial charge is 0.254 e. The molecule has 3 rings (SSSR count). The lowest BCUT2D eigenvalue weighted by atomic mass is 9.88. The Hall–Kier alpha value is -1.95. The molecule has 1 aromatic heterocycles. The van der Waals surface area contributed by atoms with Gasteiger partial charge < -0.3 is 15.7 Å². The fourth-order valence-corrected chi connectivity index (χ4v) is 3.90. The second kappa shape index (κ2) is 8.83. The summed E-state index contributed by atoms with van der Waals surface area (Å²) in [5.74, 6) is 0.132. The van der Waals surface area contributed by atoms with Crippen LogP contribution in [-0.4, -0.2) is 40.1 Å². The van der Waals surface area contributed by atoms with Gasteiger partial charge >= 0.3 is 0 Å². The largest absolute Gasteiger partial charge is 0.391 e. The topological polar surface area (TPSA) is 79.5 Å². The summed E-state index contributed by atoms with van der Waals surface area (Å²) in [6, 6.07) is 9.64. The van der Waals surface area contributed by atoms with Gasteiger partial charge in [-0.2, -0.15) is 0 Å². The molecule has 27 heavy (non-hydrogen) atoms. The molecule has 3 N–H and O–H groups in total. The summed E-state index contributed by atoms with van der Waals surface area (Å²) in [7, 11) is 0. The lowest BCUT2D eigenvalue weighted by Gasteiger charge is -2.35. The highest BCUT2D eigenvalue weighted by atomic mass is 35.5. The van der Waals surface area contributed by atoms with Crippen molar-refractivity contribution in [3.05, 3.63) is 63.9 Å². The Balaban J connectivity index is 1.67. The molecular formula is C21H26ClN3O2. The molecule has 2 heterocycles. The number of pyridine rings is 1. The maximum atomic E-state index is 12.9. The predicted molar refractivity (Wildman–Crippen MR) is 107 cm³/mol. The Morgan fingerprint density at radius 2 is 2.11 bits per heavy atom. The van der Waals surface area contributed by atoms with E-state index in [0.29, 0.717) is 36.8 Å². The van der Waals surface area contributed by atoms with Gasteiger partial charge in [0.15, 0.2) is 0 Å². The van der Waals surface area contributed by atoms with Crippen LogP contribution in [0.15, 0.2) is 36.5 Å². The quantitative estimate of drug-likeness (QED) is 0.715. The number of carbonyl (C=O) groups is 1. The van der Waals surface area contributed by atoms with Gasteiger partial charge in [-0.3, -0.25) is 4.79 Å². The van der Waals surface area contributed by atoms with Gasteiger partial charge in [0.25, 0.3) is 5.91 Å². The van der Waals surface area contributed by atoms with Crippen LogP contribution in [0.1, 0.15) is 52.7 Å². The maximum absolute atomic E-state index is 12.9. The standard InChI is InChI=1S/C21H26ClN3O2/c1-2-14-12-25(21(27)18-9-20(22)24-11-19(14)18)13-17(26)8-7-15-5-3-4-6-16(15)10-23/h3-6,9,11,14,17,26H,2,7-8,10,12-13,23H2,1H3. The van der Waals surface area contributed by atoms with E-state index < -0.39 is 6.10 Å². The number of β-amino-alcohol motifs (C(OH)–C–C–N with tert-alkyl or cyclic N) is 1. The van der Waals surface area contributed by atoms with E-state index in [1.807, 2.05) is 24.3 Å². The third-order valence-electron chi connectivity index (χ3n) is 5.31. The molecule has 0 bridgehead atoms. The van der Waals surface area contributed by atoms with Crippen LogP contribution < -0.4 is 5.73 Å². The number of hydrogen-bond donors (Lipinski definition) is 2. The third-order valence-corrected chi connectivity index (χ3v) is 5.52. The molecule has 2 unspecified atom stereocenters. The van der Waals surface area contributed by atoms with Crippen molar-refractivity contribution in [1.82, 2.24) is 9.88 Å². The Kier molecular flexibility index (Phi) is 6.47. The first-order valence-electron chi connectivity index (χ1n) is 9.43. The van der Waals surface area contributed by atoms with Gasteiger partial charge in [-0.1, -0.05) is 42.8 Å². The molecule has 0 fully saturated rings. The molecule has 1 aromatic carbocycles. The molecule has 1 aliphatic heterocycles. The zero-order chi connectivity index (χ0) is 19.4. The lowest BCUT2D eigenvalue weighted by molar-refractivity contribution is 0.0565. The average Bonchev–Trinajstić information content (AvgIpc) is 2.68. The maximum Gasteiger partial charge on any atom is 0.254 e. The van der Waals surface area contributed by atoms with Crippen LogP contribution in [0, 0.1) is 0 Å². The van der Waals surface area contributed by atoms with Crippen molar-refractivity contribution >= 4 is 17.5 Å². The van der Waals surface area contributed by atoms with Gasteiger partial charge in [-0.05, 0) is 42.0 Å². The summed E-state index contributed by atoms with van der Waals surface area (Å²) in [5, 5.41) is 10.9. The highest BCUT2D eigenvalue weighted by Gasteiger charge is 2.31. The summed E-state index contributed by atoms with van der Waals surface area (Å²) in [6.07, 6.45) is 3.35. The highest BCUT2D eigenvalue weighted by molar-refractivity contribution is 6.29. The van der Waals surface area contributed by atoms with Crippen molar-refractivity contribution in [1.29, 1.82) is 0 Å². The molecule has 1 aliphatic rings. The number of aliphatic hydroxyl groups is 1. The number of aryl methyl sites for hydroxylation is 1. The van der Waals surface area contributed by atoms with E-state index in [1.165, 1.54) is 0 Å². The summed E-state index contributed by atoms with van der Waals surface area (Å²) >= 11 is 5.99. The van der Waals surface area contributed by atoms with Gasteiger partial charge in [-0.25, -0.2) is 4.98 Å². The van der Waals surface area contributed by atoms with Crippen LogP contribution in [0.3, 0.4) is 0 Å². The molecule has 0 spiro atoms. The molecule has 2 aromatic rings. The SMILES string of the molecule is CCC1CN(CC(O)CCc2ccccc2CN)C(=O)c2cc(Cl)ncc21. The molecule has 0 saturated heterocycles. The average molecular weight is 388 g/mol. The Bertz CT molecular complexity index is 812. The van der Waals surface area contributed by atoms with Crippen LogP contribution >= 0.6 is 11.6 Å². The normalized spacial score (nSPS) is 17.7. The molecule has 144 valence electrons. The van der Waals surface area contributed by atoms with Crippen LogP contribution in [0.4, 0.5) is 0 Å².